The van der Waals surface area contributed by atoms with Gasteiger partial charge in [-0.15, -0.1) is 0 Å². The van der Waals surface area contributed by atoms with E-state index in [1.165, 1.54) is 12.1 Å². The van der Waals surface area contributed by atoms with Crippen molar-refractivity contribution in [2.75, 3.05) is 13.1 Å². The molecular weight excluding hydrogens is 265 g/mol. The summed E-state index contributed by atoms with van der Waals surface area (Å²) < 4.78 is 13.4. The third-order valence-corrected chi connectivity index (χ3v) is 3.77. The summed E-state index contributed by atoms with van der Waals surface area (Å²) in [6, 6.07) is 3.85. The van der Waals surface area contributed by atoms with Gasteiger partial charge in [0.2, 0.25) is 0 Å². The molecule has 0 unspecified atom stereocenters. The Hall–Kier alpha value is -1.99. The number of hydrogen-bond acceptors (Lipinski definition) is 5. The van der Waals surface area contributed by atoms with Crippen LogP contribution in [0.5, 0.6) is 5.75 Å². The van der Waals surface area contributed by atoms with Gasteiger partial charge in [0.15, 0.2) is 11.6 Å². The van der Waals surface area contributed by atoms with Crippen molar-refractivity contribution < 1.29 is 19.5 Å². The van der Waals surface area contributed by atoms with Crippen LogP contribution in [-0.2, 0) is 4.79 Å². The molecule has 20 heavy (non-hydrogen) atoms. The zero-order valence-electron chi connectivity index (χ0n) is 10.6. The second-order valence-electron chi connectivity index (χ2n) is 5.07. The molecule has 0 saturated carbocycles. The number of aliphatic imine (C=N–C) groups is 1. The molecule has 1 saturated heterocycles. The van der Waals surface area contributed by atoms with Crippen LogP contribution >= 0.6 is 0 Å². The smallest absolute Gasteiger partial charge is 0.253 e. The zero-order valence-corrected chi connectivity index (χ0v) is 10.6. The maximum absolute atomic E-state index is 13.4. The van der Waals surface area contributed by atoms with E-state index in [1.807, 2.05) is 0 Å². The lowest BCUT2D eigenvalue weighted by atomic mass is 9.89. The van der Waals surface area contributed by atoms with Gasteiger partial charge in [0.05, 0.1) is 0 Å². The van der Waals surface area contributed by atoms with Gasteiger partial charge in [-0.3, -0.25) is 9.79 Å². The number of benzene rings is 1. The number of amides is 1. The number of hydrogen-bond donors (Lipinski definition) is 3. The van der Waals surface area contributed by atoms with E-state index in [4.69, 9.17) is 0 Å². The average molecular weight is 279 g/mol. The number of carbonyl (C=O) groups is 1. The molecule has 2 aliphatic heterocycles. The molecule has 0 bridgehead atoms. The highest BCUT2D eigenvalue weighted by Gasteiger charge is 2.45. The van der Waals surface area contributed by atoms with Crippen molar-refractivity contribution in [2.24, 2.45) is 4.99 Å². The first kappa shape index (κ1) is 13.0. The normalized spacial score (nSPS) is 21.9. The third-order valence-electron chi connectivity index (χ3n) is 3.77. The van der Waals surface area contributed by atoms with Gasteiger partial charge in [0.1, 0.15) is 11.4 Å². The van der Waals surface area contributed by atoms with Crippen LogP contribution in [0.25, 0.3) is 0 Å². The Morgan fingerprint density at radius 2 is 2.05 bits per heavy atom. The van der Waals surface area contributed by atoms with E-state index >= 15 is 0 Å². The summed E-state index contributed by atoms with van der Waals surface area (Å²) in [4.78, 5) is 16.5. The highest BCUT2D eigenvalue weighted by atomic mass is 19.1. The minimum Gasteiger partial charge on any atom is -0.505 e. The van der Waals surface area contributed by atoms with Crippen LogP contribution in [0.3, 0.4) is 0 Å². The number of carbonyl (C=O) groups excluding carboxylic acids is 1. The summed E-state index contributed by atoms with van der Waals surface area (Å²) in [5.41, 5.74) is -0.458. The third kappa shape index (κ3) is 2.04. The van der Waals surface area contributed by atoms with Crippen LogP contribution in [0.15, 0.2) is 23.2 Å². The fraction of sp³-hybridized carbons (Fsp3) is 0.385. The van der Waals surface area contributed by atoms with Gasteiger partial charge in [0, 0.05) is 18.7 Å². The molecular formula is C13H14FN3O3. The van der Waals surface area contributed by atoms with Gasteiger partial charge in [-0.2, -0.15) is 5.06 Å². The number of halogens is 1. The molecule has 1 amide bonds. The SMILES string of the molecule is O=C1NC(c2ccc(O)c(F)c2)=NC12CCN(O)CC2. The maximum atomic E-state index is 13.4. The Morgan fingerprint density at radius 1 is 1.35 bits per heavy atom. The van der Waals surface area contributed by atoms with E-state index < -0.39 is 17.1 Å². The predicted molar refractivity (Wildman–Crippen MR) is 68.1 cm³/mol. The molecule has 3 rings (SSSR count). The zero-order chi connectivity index (χ0) is 14.3. The minimum absolute atomic E-state index is 0.228. The molecule has 1 spiro atoms. The molecule has 2 aliphatic rings. The first-order valence-corrected chi connectivity index (χ1v) is 6.34. The number of phenolic OH excluding ortho intramolecular Hbond substituents is 1. The van der Waals surface area contributed by atoms with Crippen molar-refractivity contribution in [3.05, 3.63) is 29.6 Å². The highest BCUT2D eigenvalue weighted by molar-refractivity contribution is 6.15. The van der Waals surface area contributed by atoms with Gasteiger partial charge in [-0.1, -0.05) is 0 Å². The summed E-state index contributed by atoms with van der Waals surface area (Å²) in [6.07, 6.45) is 0.832. The summed E-state index contributed by atoms with van der Waals surface area (Å²) in [5.74, 6) is -1.12. The Balaban J connectivity index is 1.92. The number of nitrogens with zero attached hydrogens (tertiary/aromatic N) is 2. The topological polar surface area (TPSA) is 85.2 Å². The van der Waals surface area contributed by atoms with Crippen molar-refractivity contribution in [3.63, 3.8) is 0 Å². The molecule has 2 heterocycles. The van der Waals surface area contributed by atoms with E-state index in [0.29, 0.717) is 37.3 Å². The van der Waals surface area contributed by atoms with Crippen LogP contribution in [-0.4, -0.2) is 45.7 Å². The standard InChI is InChI=1S/C13H14FN3O3/c14-9-7-8(1-2-10(9)18)11-15-12(19)13(16-11)3-5-17(20)6-4-13/h1-2,7,18,20H,3-6H2,(H,15,16,19). The lowest BCUT2D eigenvalue weighted by molar-refractivity contribution is -0.136. The quantitative estimate of drug-likeness (QED) is 0.704. The predicted octanol–water partition coefficient (Wildman–Crippen LogP) is 0.631. The number of piperidine rings is 1. The second-order valence-corrected chi connectivity index (χ2v) is 5.07. The molecule has 3 N–H and O–H groups in total. The fourth-order valence-electron chi connectivity index (χ4n) is 2.51. The number of nitrogens with one attached hydrogen (secondary N) is 1. The molecule has 0 aliphatic carbocycles. The molecule has 1 fully saturated rings. The summed E-state index contributed by atoms with van der Waals surface area (Å²) >= 11 is 0. The van der Waals surface area contributed by atoms with Crippen molar-refractivity contribution in [3.8, 4) is 5.75 Å². The van der Waals surface area contributed by atoms with Crippen LogP contribution in [0.4, 0.5) is 4.39 Å². The van der Waals surface area contributed by atoms with Crippen molar-refractivity contribution in [1.82, 2.24) is 10.4 Å². The molecule has 0 aromatic heterocycles. The first-order valence-electron chi connectivity index (χ1n) is 6.34. The molecule has 1 aromatic carbocycles. The first-order chi connectivity index (χ1) is 9.50. The fourth-order valence-corrected chi connectivity index (χ4v) is 2.51. The van der Waals surface area contributed by atoms with Crippen molar-refractivity contribution >= 4 is 11.7 Å². The molecule has 106 valence electrons. The van der Waals surface area contributed by atoms with Gasteiger partial charge in [-0.25, -0.2) is 4.39 Å². The van der Waals surface area contributed by atoms with Gasteiger partial charge in [0.25, 0.3) is 5.91 Å². The lowest BCUT2D eigenvalue weighted by Crippen LogP contribution is -2.48. The Bertz CT molecular complexity index is 595. The van der Waals surface area contributed by atoms with Crippen LogP contribution in [0.1, 0.15) is 18.4 Å². The second kappa shape index (κ2) is 4.53. The van der Waals surface area contributed by atoms with E-state index in [9.17, 15) is 19.5 Å². The Morgan fingerprint density at radius 3 is 2.70 bits per heavy atom. The number of rotatable bonds is 1. The molecule has 1 aromatic rings. The van der Waals surface area contributed by atoms with Gasteiger partial charge >= 0.3 is 0 Å². The number of amidine groups is 1. The highest BCUT2D eigenvalue weighted by Crippen LogP contribution is 2.30. The average Bonchev–Trinajstić information content (AvgIpc) is 2.74. The van der Waals surface area contributed by atoms with E-state index in [1.54, 1.807) is 0 Å². The summed E-state index contributed by atoms with van der Waals surface area (Å²) in [7, 11) is 0. The van der Waals surface area contributed by atoms with Crippen LogP contribution < -0.4 is 5.32 Å². The van der Waals surface area contributed by atoms with Crippen molar-refractivity contribution in [1.29, 1.82) is 0 Å². The minimum atomic E-state index is -0.872. The number of hydroxylamine groups is 2. The van der Waals surface area contributed by atoms with E-state index in [-0.39, 0.29) is 5.91 Å². The largest absolute Gasteiger partial charge is 0.505 e. The molecule has 0 atom stereocenters. The number of aromatic hydroxyl groups is 1. The maximum Gasteiger partial charge on any atom is 0.253 e. The monoisotopic (exact) mass is 279 g/mol. The molecule has 6 nitrogen and oxygen atoms in total. The molecule has 7 heteroatoms. The number of phenols is 1. The Kier molecular flexibility index (Phi) is 2.95. The van der Waals surface area contributed by atoms with Crippen LogP contribution in [0.2, 0.25) is 0 Å². The molecule has 0 radical (unpaired) electrons. The van der Waals surface area contributed by atoms with Gasteiger partial charge < -0.3 is 15.6 Å². The van der Waals surface area contributed by atoms with E-state index in [0.717, 1.165) is 11.1 Å². The summed E-state index contributed by atoms with van der Waals surface area (Å²) in [5, 5.41) is 22.4. The van der Waals surface area contributed by atoms with Crippen LogP contribution in [0, 0.1) is 5.82 Å². The lowest BCUT2D eigenvalue weighted by Gasteiger charge is -2.31. The summed E-state index contributed by atoms with van der Waals surface area (Å²) in [6.45, 7) is 0.738. The van der Waals surface area contributed by atoms with E-state index in [2.05, 4.69) is 10.3 Å². The Labute approximate surface area is 114 Å². The van der Waals surface area contributed by atoms with Gasteiger partial charge in [-0.05, 0) is 31.0 Å². The van der Waals surface area contributed by atoms with Crippen molar-refractivity contribution in [2.45, 2.75) is 18.4 Å².